The van der Waals surface area contributed by atoms with Crippen molar-refractivity contribution in [3.8, 4) is 11.3 Å². The van der Waals surface area contributed by atoms with Gasteiger partial charge >= 0.3 is 0 Å². The Kier molecular flexibility index (Phi) is 6.04. The highest BCUT2D eigenvalue weighted by Gasteiger charge is 2.41. The summed E-state index contributed by atoms with van der Waals surface area (Å²) in [5.74, 6) is 0.531. The summed E-state index contributed by atoms with van der Waals surface area (Å²) in [6, 6.07) is 14.2. The molecular formula is C27H27ClN4O3S2. The number of aliphatic hydroxyl groups is 1. The zero-order valence-corrected chi connectivity index (χ0v) is 22.6. The van der Waals surface area contributed by atoms with E-state index in [9.17, 15) is 13.5 Å². The molecule has 0 radical (unpaired) electrons. The third kappa shape index (κ3) is 4.75. The molecule has 3 heterocycles. The van der Waals surface area contributed by atoms with Crippen LogP contribution in [0.2, 0.25) is 5.02 Å². The fraction of sp³-hybridized carbons (Fsp3) is 0.333. The lowest BCUT2D eigenvalue weighted by molar-refractivity contribution is 0.0330. The molecule has 2 aliphatic carbocycles. The Bertz CT molecular complexity index is 1610. The number of pyridine rings is 2. The van der Waals surface area contributed by atoms with Crippen molar-refractivity contribution in [2.45, 2.75) is 49.5 Å². The van der Waals surface area contributed by atoms with Gasteiger partial charge in [-0.1, -0.05) is 29.8 Å². The molecule has 2 aliphatic rings. The Morgan fingerprint density at radius 3 is 2.68 bits per heavy atom. The number of rotatable bonds is 8. The van der Waals surface area contributed by atoms with Crippen LogP contribution < -0.4 is 10.5 Å². The molecule has 2 unspecified atom stereocenters. The molecule has 0 spiro atoms. The van der Waals surface area contributed by atoms with Gasteiger partial charge in [0.25, 0.3) is 0 Å². The number of nitrogens with one attached hydrogen (secondary N) is 1. The second-order valence-corrected chi connectivity index (χ2v) is 13.6. The van der Waals surface area contributed by atoms with Crippen LogP contribution in [0.5, 0.6) is 0 Å². The molecule has 4 aromatic rings. The summed E-state index contributed by atoms with van der Waals surface area (Å²) in [7, 11) is -3.56. The van der Waals surface area contributed by atoms with Crippen LogP contribution >= 0.6 is 22.9 Å². The Morgan fingerprint density at radius 2 is 1.95 bits per heavy atom. The predicted octanol–water partition coefficient (Wildman–Crippen LogP) is 5.38. The van der Waals surface area contributed by atoms with Crippen molar-refractivity contribution in [3.05, 3.63) is 75.9 Å². The molecule has 6 rings (SSSR count). The highest BCUT2D eigenvalue weighted by molar-refractivity contribution is 7.90. The van der Waals surface area contributed by atoms with E-state index in [1.54, 1.807) is 18.3 Å². The number of hydrogen-bond donors (Lipinski definition) is 3. The maximum atomic E-state index is 13.0. The Labute approximate surface area is 224 Å². The summed E-state index contributed by atoms with van der Waals surface area (Å²) in [5.41, 5.74) is 7.96. The van der Waals surface area contributed by atoms with Crippen LogP contribution in [0.4, 0.5) is 5.82 Å². The summed E-state index contributed by atoms with van der Waals surface area (Å²) in [6.07, 6.45) is 5.06. The fourth-order valence-electron chi connectivity index (χ4n) is 4.76. The largest absolute Gasteiger partial charge is 0.385 e. The number of fused-ring (bicyclic) bond motifs is 1. The zero-order valence-electron chi connectivity index (χ0n) is 20.2. The smallest absolute Gasteiger partial charge is 0.215 e. The molecule has 37 heavy (non-hydrogen) atoms. The molecule has 0 amide bonds. The zero-order chi connectivity index (χ0) is 25.9. The van der Waals surface area contributed by atoms with Crippen LogP contribution in [0.25, 0.3) is 21.3 Å². The number of sulfonamides is 1. The van der Waals surface area contributed by atoms with E-state index in [1.807, 2.05) is 43.3 Å². The fourth-order valence-corrected chi connectivity index (χ4v) is 7.81. The number of benzene rings is 1. The van der Waals surface area contributed by atoms with E-state index in [-0.39, 0.29) is 11.7 Å². The molecule has 3 aromatic heterocycles. The van der Waals surface area contributed by atoms with Gasteiger partial charge in [-0.15, -0.1) is 11.3 Å². The van der Waals surface area contributed by atoms with E-state index in [0.717, 1.165) is 44.6 Å². The maximum absolute atomic E-state index is 13.0. The number of nitrogens with two attached hydrogens (primary N) is 1. The molecule has 2 saturated carbocycles. The number of nitrogens with zero attached hydrogens (tertiary/aromatic N) is 2. The van der Waals surface area contributed by atoms with E-state index >= 15 is 0 Å². The van der Waals surface area contributed by atoms with Gasteiger partial charge < -0.3 is 10.8 Å². The highest BCUT2D eigenvalue weighted by atomic mass is 35.5. The number of anilines is 1. The molecule has 0 saturated heterocycles. The maximum Gasteiger partial charge on any atom is 0.215 e. The van der Waals surface area contributed by atoms with Gasteiger partial charge in [0.05, 0.1) is 33.3 Å². The first-order chi connectivity index (χ1) is 17.6. The lowest BCUT2D eigenvalue weighted by Crippen LogP contribution is -2.32. The first-order valence-electron chi connectivity index (χ1n) is 12.3. The van der Waals surface area contributed by atoms with Crippen molar-refractivity contribution in [1.29, 1.82) is 0 Å². The minimum atomic E-state index is -3.56. The Balaban J connectivity index is 1.46. The second kappa shape index (κ2) is 9.03. The minimum Gasteiger partial charge on any atom is -0.385 e. The lowest BCUT2D eigenvalue weighted by atomic mass is 9.90. The molecule has 4 N–H and O–H groups in total. The Morgan fingerprint density at radius 1 is 1.16 bits per heavy atom. The quantitative estimate of drug-likeness (QED) is 0.269. The van der Waals surface area contributed by atoms with Gasteiger partial charge in [-0.3, -0.25) is 4.98 Å². The monoisotopic (exact) mass is 554 g/mol. The van der Waals surface area contributed by atoms with Gasteiger partial charge in [-0.25, -0.2) is 18.1 Å². The van der Waals surface area contributed by atoms with Crippen LogP contribution in [-0.4, -0.2) is 28.7 Å². The molecule has 1 aromatic carbocycles. The molecule has 2 atom stereocenters. The van der Waals surface area contributed by atoms with Gasteiger partial charge in [0.2, 0.25) is 10.0 Å². The molecule has 10 heteroatoms. The van der Waals surface area contributed by atoms with Crippen LogP contribution in [-0.2, 0) is 15.6 Å². The van der Waals surface area contributed by atoms with Crippen molar-refractivity contribution in [3.63, 3.8) is 0 Å². The topological polar surface area (TPSA) is 118 Å². The van der Waals surface area contributed by atoms with Crippen LogP contribution in [0.15, 0.2) is 54.7 Å². The van der Waals surface area contributed by atoms with E-state index in [4.69, 9.17) is 17.3 Å². The third-order valence-electron chi connectivity index (χ3n) is 7.25. The van der Waals surface area contributed by atoms with E-state index < -0.39 is 26.9 Å². The standard InChI is InChI=1S/C27H27ClN4O3S2/c1-27(33,16-5-6-16)17-11-12-30-21(14-17)19-4-2-3-15-13-22(36-26(15)19)25(32-37(34,35)18-7-8-18)24-20(28)9-10-23(29)31-24/h2-4,9-14,16,18,25,32-33H,5-8H2,1H3,(H2,29,31). The van der Waals surface area contributed by atoms with Gasteiger partial charge in [0.1, 0.15) is 5.82 Å². The average Bonchev–Trinajstić information content (AvgIpc) is 3.79. The van der Waals surface area contributed by atoms with E-state index in [0.29, 0.717) is 23.6 Å². The average molecular weight is 555 g/mol. The molecule has 0 aliphatic heterocycles. The van der Waals surface area contributed by atoms with Crippen molar-refractivity contribution < 1.29 is 13.5 Å². The molecule has 2 fully saturated rings. The predicted molar refractivity (Wildman–Crippen MR) is 148 cm³/mol. The third-order valence-corrected chi connectivity index (χ3v) is 10.7. The summed E-state index contributed by atoms with van der Waals surface area (Å²) in [5, 5.41) is 12.0. The van der Waals surface area contributed by atoms with Gasteiger partial charge in [0, 0.05) is 21.3 Å². The minimum absolute atomic E-state index is 0.264. The molecule has 7 nitrogen and oxygen atoms in total. The van der Waals surface area contributed by atoms with Crippen molar-refractivity contribution in [2.75, 3.05) is 5.73 Å². The van der Waals surface area contributed by atoms with Crippen LogP contribution in [0.3, 0.4) is 0 Å². The van der Waals surface area contributed by atoms with Crippen LogP contribution in [0.1, 0.15) is 54.8 Å². The summed E-state index contributed by atoms with van der Waals surface area (Å²) < 4.78 is 29.8. The van der Waals surface area contributed by atoms with Crippen molar-refractivity contribution in [2.24, 2.45) is 5.92 Å². The Hall–Kier alpha value is -2.56. The first-order valence-corrected chi connectivity index (χ1v) is 15.0. The number of halogens is 1. The first kappa shape index (κ1) is 24.8. The summed E-state index contributed by atoms with van der Waals surface area (Å²) in [6.45, 7) is 1.87. The highest BCUT2D eigenvalue weighted by Crippen LogP contribution is 2.46. The van der Waals surface area contributed by atoms with Gasteiger partial charge in [-0.2, -0.15) is 0 Å². The number of nitrogen functional groups attached to an aromatic ring is 1. The SMILES string of the molecule is CC(O)(c1ccnc(-c2cccc3cc(C(NS(=O)(=O)C4CC4)c4nc(N)ccc4Cl)sc23)c1)C1CC1. The lowest BCUT2D eigenvalue weighted by Gasteiger charge is -2.24. The molecule has 0 bridgehead atoms. The second-order valence-electron chi connectivity index (χ2n) is 10.1. The van der Waals surface area contributed by atoms with E-state index in [2.05, 4.69) is 14.7 Å². The van der Waals surface area contributed by atoms with E-state index in [1.165, 1.54) is 11.3 Å². The molecular weight excluding hydrogens is 528 g/mol. The van der Waals surface area contributed by atoms with Gasteiger partial charge in [0.15, 0.2) is 0 Å². The number of hydrogen-bond acceptors (Lipinski definition) is 7. The number of thiophene rings is 1. The molecule has 192 valence electrons. The number of aromatic nitrogens is 2. The normalized spacial score (nSPS) is 18.6. The van der Waals surface area contributed by atoms with Crippen LogP contribution in [0, 0.1) is 5.92 Å². The van der Waals surface area contributed by atoms with Crippen molar-refractivity contribution >= 4 is 48.9 Å². The van der Waals surface area contributed by atoms with Crippen molar-refractivity contribution in [1.82, 2.24) is 14.7 Å². The summed E-state index contributed by atoms with van der Waals surface area (Å²) >= 11 is 7.97. The van der Waals surface area contributed by atoms with Gasteiger partial charge in [-0.05, 0) is 79.8 Å². The summed E-state index contributed by atoms with van der Waals surface area (Å²) in [4.78, 5) is 9.78.